The molecule has 1 heterocycles. The molecule has 1 saturated heterocycles. The lowest BCUT2D eigenvalue weighted by atomic mass is 10.0. The Morgan fingerprint density at radius 1 is 1.30 bits per heavy atom. The van der Waals surface area contributed by atoms with E-state index in [1.807, 2.05) is 32.0 Å². The second-order valence-electron chi connectivity index (χ2n) is 5.52. The molecule has 0 aromatic heterocycles. The highest BCUT2D eigenvalue weighted by Gasteiger charge is 2.14. The van der Waals surface area contributed by atoms with Crippen LogP contribution in [0.5, 0.6) is 0 Å². The minimum atomic E-state index is 0.112. The smallest absolute Gasteiger partial charge is 0.234 e. The molecule has 0 saturated carbocycles. The number of hydrogen-bond acceptors (Lipinski definition) is 3. The predicted octanol–water partition coefficient (Wildman–Crippen LogP) is 2.97. The fraction of sp³-hybridized carbons (Fsp3) is 0.562. The summed E-state index contributed by atoms with van der Waals surface area (Å²) in [6.45, 7) is 6.31. The number of thioether (sulfide) groups is 1. The molecule has 0 aliphatic carbocycles. The Bertz CT molecular complexity index is 436. The standard InChI is InChI=1S/C16H24N2OS/c1-12-4-3-5-13(2)16(12)18-15(19)11-20-10-14-6-8-17-9-7-14/h3-5,14,17H,6-11H2,1-2H3,(H,18,19). The van der Waals surface area contributed by atoms with E-state index >= 15 is 0 Å². The lowest BCUT2D eigenvalue weighted by Crippen LogP contribution is -2.29. The van der Waals surface area contributed by atoms with Crippen molar-refractivity contribution in [2.75, 3.05) is 29.9 Å². The third kappa shape index (κ3) is 4.53. The second kappa shape index (κ2) is 7.70. The van der Waals surface area contributed by atoms with Gasteiger partial charge in [0.1, 0.15) is 0 Å². The van der Waals surface area contributed by atoms with Gasteiger partial charge in [0.05, 0.1) is 5.75 Å². The van der Waals surface area contributed by atoms with Crippen molar-refractivity contribution in [1.29, 1.82) is 0 Å². The van der Waals surface area contributed by atoms with Crippen LogP contribution in [0.3, 0.4) is 0 Å². The first-order valence-electron chi connectivity index (χ1n) is 7.31. The monoisotopic (exact) mass is 292 g/mol. The highest BCUT2D eigenvalue weighted by molar-refractivity contribution is 7.99. The first-order valence-corrected chi connectivity index (χ1v) is 8.47. The normalized spacial score (nSPS) is 16.1. The van der Waals surface area contributed by atoms with Crippen LogP contribution in [0.25, 0.3) is 0 Å². The molecule has 2 N–H and O–H groups in total. The maximum Gasteiger partial charge on any atom is 0.234 e. The van der Waals surface area contributed by atoms with Crippen molar-refractivity contribution in [3.8, 4) is 0 Å². The van der Waals surface area contributed by atoms with Gasteiger partial charge >= 0.3 is 0 Å². The number of hydrogen-bond donors (Lipinski definition) is 2. The molecule has 1 amide bonds. The zero-order chi connectivity index (χ0) is 14.4. The van der Waals surface area contributed by atoms with Gasteiger partial charge in [-0.25, -0.2) is 0 Å². The highest BCUT2D eigenvalue weighted by Crippen LogP contribution is 2.21. The van der Waals surface area contributed by atoms with Crippen LogP contribution < -0.4 is 10.6 Å². The molecule has 0 atom stereocenters. The van der Waals surface area contributed by atoms with E-state index in [0.29, 0.717) is 5.75 Å². The third-order valence-electron chi connectivity index (χ3n) is 3.79. The fourth-order valence-electron chi connectivity index (χ4n) is 2.55. The summed E-state index contributed by atoms with van der Waals surface area (Å²) in [5.41, 5.74) is 3.23. The Hall–Kier alpha value is -1.000. The van der Waals surface area contributed by atoms with Crippen molar-refractivity contribution in [2.24, 2.45) is 5.92 Å². The molecule has 4 heteroatoms. The van der Waals surface area contributed by atoms with Gasteiger partial charge < -0.3 is 10.6 Å². The van der Waals surface area contributed by atoms with E-state index in [0.717, 1.165) is 41.6 Å². The van der Waals surface area contributed by atoms with Crippen molar-refractivity contribution in [2.45, 2.75) is 26.7 Å². The summed E-state index contributed by atoms with van der Waals surface area (Å²) in [6, 6.07) is 6.09. The molecule has 0 bridgehead atoms. The lowest BCUT2D eigenvalue weighted by molar-refractivity contribution is -0.113. The number of aryl methyl sites for hydroxylation is 2. The summed E-state index contributed by atoms with van der Waals surface area (Å²) < 4.78 is 0. The predicted molar refractivity (Wildman–Crippen MR) is 87.5 cm³/mol. The number of carbonyl (C=O) groups is 1. The summed E-state index contributed by atoms with van der Waals surface area (Å²) in [5, 5.41) is 6.41. The van der Waals surface area contributed by atoms with Gasteiger partial charge in [0, 0.05) is 5.69 Å². The van der Waals surface area contributed by atoms with E-state index in [1.165, 1.54) is 12.8 Å². The molecule has 1 aromatic carbocycles. The number of rotatable bonds is 5. The summed E-state index contributed by atoms with van der Waals surface area (Å²) in [6.07, 6.45) is 2.48. The van der Waals surface area contributed by atoms with Crippen LogP contribution in [0.1, 0.15) is 24.0 Å². The van der Waals surface area contributed by atoms with E-state index in [4.69, 9.17) is 0 Å². The Morgan fingerprint density at radius 2 is 1.95 bits per heavy atom. The second-order valence-corrected chi connectivity index (χ2v) is 6.55. The maximum absolute atomic E-state index is 12.0. The SMILES string of the molecule is Cc1cccc(C)c1NC(=O)CSCC1CCNCC1. The molecule has 0 unspecified atom stereocenters. The maximum atomic E-state index is 12.0. The minimum absolute atomic E-state index is 0.112. The molecule has 1 aromatic rings. The van der Waals surface area contributed by atoms with E-state index in [9.17, 15) is 4.79 Å². The number of carbonyl (C=O) groups excluding carboxylic acids is 1. The molecule has 3 nitrogen and oxygen atoms in total. The van der Waals surface area contributed by atoms with Crippen LogP contribution >= 0.6 is 11.8 Å². The molecule has 1 aliphatic rings. The molecule has 2 rings (SSSR count). The van der Waals surface area contributed by atoms with Gasteiger partial charge in [-0.15, -0.1) is 0 Å². The van der Waals surface area contributed by atoms with Gasteiger partial charge in [-0.1, -0.05) is 18.2 Å². The first kappa shape index (κ1) is 15.4. The Kier molecular flexibility index (Phi) is 5.92. The summed E-state index contributed by atoms with van der Waals surface area (Å²) in [5.74, 6) is 2.54. The average Bonchev–Trinajstić information content (AvgIpc) is 2.44. The van der Waals surface area contributed by atoms with Gasteiger partial charge in [0.2, 0.25) is 5.91 Å². The highest BCUT2D eigenvalue weighted by atomic mass is 32.2. The van der Waals surface area contributed by atoms with Gasteiger partial charge in [-0.05, 0) is 62.6 Å². The van der Waals surface area contributed by atoms with Crippen molar-refractivity contribution in [3.63, 3.8) is 0 Å². The van der Waals surface area contributed by atoms with Crippen molar-refractivity contribution in [1.82, 2.24) is 5.32 Å². The number of nitrogens with one attached hydrogen (secondary N) is 2. The molecule has 1 aliphatic heterocycles. The lowest BCUT2D eigenvalue weighted by Gasteiger charge is -2.22. The molecule has 1 fully saturated rings. The number of benzene rings is 1. The summed E-state index contributed by atoms with van der Waals surface area (Å²) >= 11 is 1.76. The van der Waals surface area contributed by atoms with Gasteiger partial charge in [0.15, 0.2) is 0 Å². The van der Waals surface area contributed by atoms with Crippen LogP contribution in [0, 0.1) is 19.8 Å². The average molecular weight is 292 g/mol. The van der Waals surface area contributed by atoms with Crippen LogP contribution in [-0.2, 0) is 4.79 Å². The Balaban J connectivity index is 1.75. The van der Waals surface area contributed by atoms with Crippen molar-refractivity contribution >= 4 is 23.4 Å². The Labute approximate surface area is 125 Å². The molecule has 0 spiro atoms. The number of piperidine rings is 1. The van der Waals surface area contributed by atoms with E-state index in [1.54, 1.807) is 11.8 Å². The van der Waals surface area contributed by atoms with Gasteiger partial charge in [-0.2, -0.15) is 11.8 Å². The topological polar surface area (TPSA) is 41.1 Å². The molecule has 20 heavy (non-hydrogen) atoms. The molecule has 0 radical (unpaired) electrons. The summed E-state index contributed by atoms with van der Waals surface area (Å²) in [7, 11) is 0. The zero-order valence-corrected chi connectivity index (χ0v) is 13.2. The Morgan fingerprint density at radius 3 is 2.60 bits per heavy atom. The van der Waals surface area contributed by atoms with Crippen LogP contribution in [-0.4, -0.2) is 30.5 Å². The first-order chi connectivity index (χ1) is 9.66. The quantitative estimate of drug-likeness (QED) is 0.876. The van der Waals surface area contributed by atoms with Crippen LogP contribution in [0.15, 0.2) is 18.2 Å². The van der Waals surface area contributed by atoms with Gasteiger partial charge in [-0.3, -0.25) is 4.79 Å². The number of anilines is 1. The summed E-state index contributed by atoms with van der Waals surface area (Å²) in [4.78, 5) is 12.0. The number of para-hydroxylation sites is 1. The van der Waals surface area contributed by atoms with Crippen molar-refractivity contribution < 1.29 is 4.79 Å². The van der Waals surface area contributed by atoms with E-state index in [2.05, 4.69) is 10.6 Å². The molecular weight excluding hydrogens is 268 g/mol. The largest absolute Gasteiger partial charge is 0.325 e. The molecular formula is C16H24N2OS. The fourth-order valence-corrected chi connectivity index (χ4v) is 3.60. The third-order valence-corrected chi connectivity index (χ3v) is 4.96. The number of amides is 1. The van der Waals surface area contributed by atoms with Crippen LogP contribution in [0.4, 0.5) is 5.69 Å². The zero-order valence-electron chi connectivity index (χ0n) is 12.4. The van der Waals surface area contributed by atoms with E-state index in [-0.39, 0.29) is 5.91 Å². The van der Waals surface area contributed by atoms with Crippen LogP contribution in [0.2, 0.25) is 0 Å². The minimum Gasteiger partial charge on any atom is -0.325 e. The van der Waals surface area contributed by atoms with Gasteiger partial charge in [0.25, 0.3) is 0 Å². The molecule has 110 valence electrons. The van der Waals surface area contributed by atoms with Crippen molar-refractivity contribution in [3.05, 3.63) is 29.3 Å². The van der Waals surface area contributed by atoms with E-state index < -0.39 is 0 Å².